The molecule has 2 aromatic rings. The number of benzene rings is 1. The summed E-state index contributed by atoms with van der Waals surface area (Å²) < 4.78 is 5.26. The Morgan fingerprint density at radius 3 is 2.69 bits per heavy atom. The Morgan fingerprint density at radius 2 is 2.12 bits per heavy atom. The van der Waals surface area contributed by atoms with Crippen LogP contribution in [0.25, 0.3) is 0 Å². The Hall–Kier alpha value is -1.80. The molecule has 80 valence electrons. The van der Waals surface area contributed by atoms with E-state index < -0.39 is 0 Å². The summed E-state index contributed by atoms with van der Waals surface area (Å²) in [6.07, 6.45) is 0. The van der Waals surface area contributed by atoms with Gasteiger partial charge in [0, 0.05) is 11.8 Å². The lowest BCUT2D eigenvalue weighted by Crippen LogP contribution is -1.82. The molecule has 0 unspecified atom stereocenters. The Kier molecular flexibility index (Phi) is 2.93. The normalized spacial score (nSPS) is 10.1. The minimum Gasteiger partial charge on any atom is -0.416 e. The number of hydrogen-bond acceptors (Lipinski definition) is 5. The van der Waals surface area contributed by atoms with Gasteiger partial charge in [0.25, 0.3) is 5.22 Å². The number of rotatable bonds is 2. The van der Waals surface area contributed by atoms with Crippen LogP contribution in [0.2, 0.25) is 0 Å². The molecule has 2 rings (SSSR count). The Labute approximate surface area is 97.3 Å². The monoisotopic (exact) mass is 231 g/mol. The molecule has 0 bridgehead atoms. The Morgan fingerprint density at radius 1 is 1.31 bits per heavy atom. The second kappa shape index (κ2) is 4.37. The second-order valence-corrected chi connectivity index (χ2v) is 4.30. The van der Waals surface area contributed by atoms with Crippen LogP contribution in [0.4, 0.5) is 0 Å². The fraction of sp³-hybridized carbons (Fsp3) is 0.182. The van der Waals surface area contributed by atoms with Gasteiger partial charge in [0.2, 0.25) is 5.89 Å². The van der Waals surface area contributed by atoms with Crippen LogP contribution >= 0.6 is 11.8 Å². The zero-order valence-corrected chi connectivity index (χ0v) is 9.71. The van der Waals surface area contributed by atoms with E-state index in [-0.39, 0.29) is 0 Å². The smallest absolute Gasteiger partial charge is 0.281 e. The first-order chi connectivity index (χ1) is 7.69. The zero-order valence-electron chi connectivity index (χ0n) is 8.89. The lowest BCUT2D eigenvalue weighted by molar-refractivity contribution is 0.429. The Bertz CT molecular complexity index is 557. The average Bonchev–Trinajstić information content (AvgIpc) is 2.64. The molecule has 0 N–H and O–H groups in total. The van der Waals surface area contributed by atoms with E-state index >= 15 is 0 Å². The molecule has 0 aliphatic heterocycles. The van der Waals surface area contributed by atoms with Crippen molar-refractivity contribution in [2.24, 2.45) is 0 Å². The maximum atomic E-state index is 8.80. The molecule has 0 spiro atoms. The fourth-order valence-electron chi connectivity index (χ4n) is 1.25. The van der Waals surface area contributed by atoms with Gasteiger partial charge in [0.05, 0.1) is 11.6 Å². The molecule has 1 aromatic carbocycles. The SMILES string of the molecule is Cc1nnc(Sc2ccc(C#N)c(C)c2)o1. The topological polar surface area (TPSA) is 62.7 Å². The molecule has 5 heteroatoms. The van der Waals surface area contributed by atoms with Crippen molar-refractivity contribution in [3.63, 3.8) is 0 Å². The molecule has 0 aliphatic carbocycles. The summed E-state index contributed by atoms with van der Waals surface area (Å²) in [7, 11) is 0. The number of aromatic nitrogens is 2. The standard InChI is InChI=1S/C11H9N3OS/c1-7-5-10(4-3-9(7)6-12)16-11-14-13-8(2)15-11/h3-5H,1-2H3. The first-order valence-electron chi connectivity index (χ1n) is 4.68. The summed E-state index contributed by atoms with van der Waals surface area (Å²) >= 11 is 1.39. The minimum absolute atomic E-state index is 0.515. The number of nitriles is 1. The minimum atomic E-state index is 0.515. The largest absolute Gasteiger partial charge is 0.416 e. The quantitative estimate of drug-likeness (QED) is 0.795. The van der Waals surface area contributed by atoms with Crippen LogP contribution in [-0.2, 0) is 0 Å². The second-order valence-electron chi connectivity index (χ2n) is 3.28. The first kappa shape index (κ1) is 10.7. The summed E-state index contributed by atoms with van der Waals surface area (Å²) in [4.78, 5) is 0.986. The lowest BCUT2D eigenvalue weighted by atomic mass is 10.1. The van der Waals surface area contributed by atoms with Gasteiger partial charge in [-0.2, -0.15) is 5.26 Å². The van der Waals surface area contributed by atoms with Crippen LogP contribution in [-0.4, -0.2) is 10.2 Å². The van der Waals surface area contributed by atoms with E-state index in [1.807, 2.05) is 19.1 Å². The molecule has 1 heterocycles. The van der Waals surface area contributed by atoms with E-state index in [2.05, 4.69) is 16.3 Å². The molecule has 0 amide bonds. The van der Waals surface area contributed by atoms with Gasteiger partial charge in [0.15, 0.2) is 0 Å². The maximum absolute atomic E-state index is 8.80. The van der Waals surface area contributed by atoms with Gasteiger partial charge >= 0.3 is 0 Å². The highest BCUT2D eigenvalue weighted by atomic mass is 32.2. The van der Waals surface area contributed by atoms with Crippen LogP contribution < -0.4 is 0 Å². The molecule has 0 aliphatic rings. The third-order valence-corrected chi connectivity index (χ3v) is 2.86. The van der Waals surface area contributed by atoms with Crippen LogP contribution in [0.3, 0.4) is 0 Å². The fourth-order valence-corrected chi connectivity index (χ4v) is 2.06. The molecule has 0 saturated carbocycles. The van der Waals surface area contributed by atoms with Gasteiger partial charge in [-0.15, -0.1) is 10.2 Å². The summed E-state index contributed by atoms with van der Waals surface area (Å²) in [5, 5.41) is 17.0. The van der Waals surface area contributed by atoms with Gasteiger partial charge < -0.3 is 4.42 Å². The van der Waals surface area contributed by atoms with E-state index in [9.17, 15) is 0 Å². The predicted octanol–water partition coefficient (Wildman–Crippen LogP) is 2.71. The van der Waals surface area contributed by atoms with E-state index in [4.69, 9.17) is 9.68 Å². The molecule has 0 radical (unpaired) electrons. The van der Waals surface area contributed by atoms with E-state index in [0.29, 0.717) is 16.7 Å². The average molecular weight is 231 g/mol. The van der Waals surface area contributed by atoms with Crippen molar-refractivity contribution < 1.29 is 4.42 Å². The van der Waals surface area contributed by atoms with E-state index in [1.165, 1.54) is 11.8 Å². The molecule has 1 aromatic heterocycles. The first-order valence-corrected chi connectivity index (χ1v) is 5.49. The summed E-state index contributed by atoms with van der Waals surface area (Å²) in [6.45, 7) is 3.66. The molecule has 0 fully saturated rings. The van der Waals surface area contributed by atoms with E-state index in [1.54, 1.807) is 13.0 Å². The predicted molar refractivity (Wildman–Crippen MR) is 59.1 cm³/mol. The Balaban J connectivity index is 2.23. The zero-order chi connectivity index (χ0) is 11.5. The molecular weight excluding hydrogens is 222 g/mol. The maximum Gasteiger partial charge on any atom is 0.281 e. The van der Waals surface area contributed by atoms with Crippen LogP contribution in [0, 0.1) is 25.2 Å². The van der Waals surface area contributed by atoms with Crippen molar-refractivity contribution in [2.75, 3.05) is 0 Å². The highest BCUT2D eigenvalue weighted by Crippen LogP contribution is 2.27. The van der Waals surface area contributed by atoms with Crippen molar-refractivity contribution in [2.45, 2.75) is 24.0 Å². The van der Waals surface area contributed by atoms with Gasteiger partial charge in [0.1, 0.15) is 0 Å². The van der Waals surface area contributed by atoms with Crippen molar-refractivity contribution in [1.82, 2.24) is 10.2 Å². The highest BCUT2D eigenvalue weighted by Gasteiger charge is 2.06. The summed E-state index contributed by atoms with van der Waals surface area (Å²) in [5.74, 6) is 0.549. The van der Waals surface area contributed by atoms with Gasteiger partial charge in [-0.3, -0.25) is 0 Å². The molecule has 0 saturated heterocycles. The van der Waals surface area contributed by atoms with Gasteiger partial charge in [-0.1, -0.05) is 0 Å². The summed E-state index contributed by atoms with van der Waals surface area (Å²) in [6, 6.07) is 7.73. The number of aryl methyl sites for hydroxylation is 2. The van der Waals surface area contributed by atoms with Crippen LogP contribution in [0.15, 0.2) is 32.7 Å². The molecule has 16 heavy (non-hydrogen) atoms. The number of nitrogens with zero attached hydrogens (tertiary/aromatic N) is 3. The van der Waals surface area contributed by atoms with Crippen LogP contribution in [0.1, 0.15) is 17.0 Å². The number of hydrogen-bond donors (Lipinski definition) is 0. The van der Waals surface area contributed by atoms with Gasteiger partial charge in [-0.25, -0.2) is 0 Å². The third kappa shape index (κ3) is 2.23. The summed E-state index contributed by atoms with van der Waals surface area (Å²) in [5.41, 5.74) is 1.63. The van der Waals surface area contributed by atoms with Crippen molar-refractivity contribution in [3.8, 4) is 6.07 Å². The molecule has 4 nitrogen and oxygen atoms in total. The molecule has 0 atom stereocenters. The van der Waals surface area contributed by atoms with Crippen molar-refractivity contribution in [3.05, 3.63) is 35.2 Å². The van der Waals surface area contributed by atoms with Crippen LogP contribution in [0.5, 0.6) is 0 Å². The highest BCUT2D eigenvalue weighted by molar-refractivity contribution is 7.99. The van der Waals surface area contributed by atoms with Crippen molar-refractivity contribution >= 4 is 11.8 Å². The molecular formula is C11H9N3OS. The van der Waals surface area contributed by atoms with E-state index in [0.717, 1.165) is 10.5 Å². The lowest BCUT2D eigenvalue weighted by Gasteiger charge is -2.00. The third-order valence-electron chi connectivity index (χ3n) is 2.03. The van der Waals surface area contributed by atoms with Crippen molar-refractivity contribution in [1.29, 1.82) is 5.26 Å². The van der Waals surface area contributed by atoms with Gasteiger partial charge in [-0.05, 0) is 42.4 Å².